The molecule has 73 heavy (non-hydrogen) atoms. The number of sulfone groups is 1. The Morgan fingerprint density at radius 2 is 1.19 bits per heavy atom. The standard InChI is InChI=1S/C33H42N6O6S3.2C11H8N.Ir/c1-24-12-16-34-27(20-24)28-22-25(13-17-35-28)21-26(40)8-7-10-31(42)39-29(23-48(2,44)45)33(43)38-15-5-3-9-30(41)36-18-19-46-47-32-11-4-6-14-37-32;2*1-2-6-10(7-3-1)11-8-4-5-9-12-11;/h4,6,11-14,16-17,20,22,29H,3,5,7-10,15,18-19,21,23H2,1-2H3,(H,36,41)(H,38,43)(H,39,42);2*1-6,8-9H;/q;2*-1;. The van der Waals surface area contributed by atoms with E-state index in [2.05, 4.69) is 53.0 Å². The average Bonchev–Trinajstić information content (AvgIpc) is 3.39. The van der Waals surface area contributed by atoms with Crippen molar-refractivity contribution in [3.63, 3.8) is 0 Å². The van der Waals surface area contributed by atoms with Crippen LogP contribution in [0.1, 0.15) is 49.7 Å². The molecule has 0 aliphatic heterocycles. The molecule has 0 saturated carbocycles. The van der Waals surface area contributed by atoms with Gasteiger partial charge in [0.2, 0.25) is 17.7 Å². The van der Waals surface area contributed by atoms with Crippen LogP contribution in [0, 0.1) is 19.1 Å². The third kappa shape index (κ3) is 24.2. The van der Waals surface area contributed by atoms with Gasteiger partial charge >= 0.3 is 0 Å². The van der Waals surface area contributed by atoms with Crippen molar-refractivity contribution in [1.82, 2.24) is 40.9 Å². The molecule has 383 valence electrons. The first-order valence-electron chi connectivity index (χ1n) is 23.3. The second-order valence-electron chi connectivity index (χ2n) is 16.2. The number of hydrogen-bond acceptors (Lipinski definition) is 13. The molecule has 0 saturated heterocycles. The number of ketones is 1. The van der Waals surface area contributed by atoms with Crippen LogP contribution in [0.4, 0.5) is 0 Å². The van der Waals surface area contributed by atoms with E-state index in [4.69, 9.17) is 0 Å². The van der Waals surface area contributed by atoms with Gasteiger partial charge in [0.15, 0.2) is 0 Å². The van der Waals surface area contributed by atoms with Crippen molar-refractivity contribution in [1.29, 1.82) is 0 Å². The number of nitrogens with zero attached hydrogens (tertiary/aromatic N) is 5. The maximum absolute atomic E-state index is 12.8. The van der Waals surface area contributed by atoms with Gasteiger partial charge in [-0.3, -0.25) is 29.1 Å². The molecule has 5 aromatic heterocycles. The first kappa shape index (κ1) is 59.1. The van der Waals surface area contributed by atoms with Crippen LogP contribution < -0.4 is 16.0 Å². The third-order valence-corrected chi connectivity index (χ3v) is 13.3. The fourth-order valence-electron chi connectivity index (χ4n) is 6.63. The van der Waals surface area contributed by atoms with Gasteiger partial charge in [-0.25, -0.2) is 13.4 Å². The van der Waals surface area contributed by atoms with Crippen LogP contribution in [0.2, 0.25) is 0 Å². The normalized spacial score (nSPS) is 10.9. The van der Waals surface area contributed by atoms with Gasteiger partial charge in [0.05, 0.1) is 17.1 Å². The molecule has 2 aromatic carbocycles. The Morgan fingerprint density at radius 3 is 1.77 bits per heavy atom. The summed E-state index contributed by atoms with van der Waals surface area (Å²) < 4.78 is 23.9. The van der Waals surface area contributed by atoms with Crippen LogP contribution in [-0.4, -0.2) is 93.7 Å². The Bertz CT molecular complexity index is 2690. The van der Waals surface area contributed by atoms with Crippen LogP contribution >= 0.6 is 21.6 Å². The number of benzene rings is 2. The van der Waals surface area contributed by atoms with Gasteiger partial charge in [0.1, 0.15) is 26.7 Å². The summed E-state index contributed by atoms with van der Waals surface area (Å²) in [5, 5.41) is 8.92. The van der Waals surface area contributed by atoms with Crippen molar-refractivity contribution in [2.24, 2.45) is 0 Å². The van der Waals surface area contributed by atoms with Crippen molar-refractivity contribution in [3.05, 3.63) is 182 Å². The maximum Gasteiger partial charge on any atom is 0.243 e. The zero-order valence-electron chi connectivity index (χ0n) is 40.6. The number of unbranched alkanes of at least 4 members (excludes halogenated alkanes) is 1. The molecule has 0 fully saturated rings. The SMILES string of the molecule is Cc1ccnc(-c2cc(CC(=O)CCCC(=O)NC(CS(C)(=O)=O)C(=O)NCCCCC(=O)NCCSSc3ccccn3)ccn2)c1.[Ir].[c-]1ccccc1-c1ccccn1.[c-]1ccccc1-c1ccccn1. The monoisotopic (exact) mass is 1220 g/mol. The zero-order valence-corrected chi connectivity index (χ0v) is 45.5. The van der Waals surface area contributed by atoms with Gasteiger partial charge < -0.3 is 25.9 Å². The van der Waals surface area contributed by atoms with E-state index in [1.807, 2.05) is 128 Å². The van der Waals surface area contributed by atoms with Crippen molar-refractivity contribution in [3.8, 4) is 33.9 Å². The average molecular weight is 1220 g/mol. The minimum absolute atomic E-state index is 0. The van der Waals surface area contributed by atoms with Crippen LogP contribution in [0.3, 0.4) is 0 Å². The molecule has 18 heteroatoms. The number of hydrogen-bond donors (Lipinski definition) is 3. The molecule has 7 rings (SSSR count). The summed E-state index contributed by atoms with van der Waals surface area (Å²) >= 11 is 0. The Labute approximate surface area is 449 Å². The summed E-state index contributed by atoms with van der Waals surface area (Å²) in [6, 6.07) is 45.5. The zero-order chi connectivity index (χ0) is 51.2. The van der Waals surface area contributed by atoms with Crippen LogP contribution in [0.15, 0.2) is 163 Å². The van der Waals surface area contributed by atoms with Gasteiger partial charge in [0, 0.05) is 102 Å². The van der Waals surface area contributed by atoms with Gasteiger partial charge in [-0.15, -0.1) is 71.8 Å². The molecule has 0 aliphatic rings. The second kappa shape index (κ2) is 33.3. The Kier molecular flexibility index (Phi) is 27.0. The summed E-state index contributed by atoms with van der Waals surface area (Å²) in [7, 11) is -0.437. The van der Waals surface area contributed by atoms with Crippen LogP contribution in [-0.2, 0) is 55.5 Å². The van der Waals surface area contributed by atoms with Crippen molar-refractivity contribution in [2.45, 2.75) is 62.9 Å². The van der Waals surface area contributed by atoms with Crippen molar-refractivity contribution in [2.75, 3.05) is 30.9 Å². The van der Waals surface area contributed by atoms with E-state index in [1.165, 1.54) is 0 Å². The van der Waals surface area contributed by atoms with Crippen molar-refractivity contribution >= 4 is 54.9 Å². The largest absolute Gasteiger partial charge is 0.355 e. The molecule has 3 amide bonds. The molecule has 5 heterocycles. The topological polar surface area (TPSA) is 203 Å². The van der Waals surface area contributed by atoms with Crippen molar-refractivity contribution < 1.29 is 47.7 Å². The number of carbonyl (C=O) groups excluding carboxylic acids is 4. The number of rotatable bonds is 23. The molecule has 0 bridgehead atoms. The number of aromatic nitrogens is 5. The molecule has 1 radical (unpaired) electrons. The molecule has 1 atom stereocenters. The first-order chi connectivity index (χ1) is 34.9. The molecule has 0 aliphatic carbocycles. The molecule has 7 aromatic rings. The van der Waals surface area contributed by atoms with E-state index in [1.54, 1.807) is 58.6 Å². The number of aryl methyl sites for hydroxylation is 1. The van der Waals surface area contributed by atoms with Gasteiger partial charge in [-0.2, -0.15) is 0 Å². The Balaban J connectivity index is 0.000000369. The van der Waals surface area contributed by atoms with E-state index in [0.29, 0.717) is 31.5 Å². The van der Waals surface area contributed by atoms with E-state index in [9.17, 15) is 27.6 Å². The summed E-state index contributed by atoms with van der Waals surface area (Å²) in [4.78, 5) is 71.4. The van der Waals surface area contributed by atoms with Crippen LogP contribution in [0.5, 0.6) is 0 Å². The predicted octanol–water partition coefficient (Wildman–Crippen LogP) is 8.60. The molecule has 14 nitrogen and oxygen atoms in total. The fraction of sp³-hybridized carbons (Fsp3) is 0.255. The Hall–Kier alpha value is -6.43. The molecule has 3 N–H and O–H groups in total. The molecular weight excluding hydrogens is 1160 g/mol. The number of nitrogens with one attached hydrogen (secondary N) is 3. The van der Waals surface area contributed by atoms with Gasteiger partial charge in [0.25, 0.3) is 0 Å². The third-order valence-electron chi connectivity index (χ3n) is 10.1. The minimum Gasteiger partial charge on any atom is -0.355 e. The first-order valence-corrected chi connectivity index (χ1v) is 27.7. The maximum atomic E-state index is 12.8. The number of pyridine rings is 5. The number of Topliss-reactive ketones (excluding diaryl/α,β-unsaturated/α-hetero) is 1. The predicted molar refractivity (Wildman–Crippen MR) is 286 cm³/mol. The van der Waals surface area contributed by atoms with E-state index in [-0.39, 0.29) is 64.0 Å². The number of carbonyl (C=O) groups is 4. The summed E-state index contributed by atoms with van der Waals surface area (Å²) in [5.74, 6) is -1.11. The van der Waals surface area contributed by atoms with E-state index < -0.39 is 33.4 Å². The molecule has 0 spiro atoms. The van der Waals surface area contributed by atoms with E-state index >= 15 is 0 Å². The fourth-order valence-corrected chi connectivity index (χ4v) is 9.25. The second-order valence-corrected chi connectivity index (χ2v) is 20.8. The molecular formula is C55H58IrN8O6S3-2. The minimum atomic E-state index is -3.58. The molecule has 1 unspecified atom stereocenters. The smallest absolute Gasteiger partial charge is 0.243 e. The van der Waals surface area contributed by atoms with Gasteiger partial charge in [-0.1, -0.05) is 41.1 Å². The summed E-state index contributed by atoms with van der Waals surface area (Å²) in [5.41, 5.74) is 7.24. The van der Waals surface area contributed by atoms with E-state index in [0.717, 1.165) is 56.4 Å². The summed E-state index contributed by atoms with van der Waals surface area (Å²) in [6.07, 6.45) is 11.5. The van der Waals surface area contributed by atoms with Gasteiger partial charge in [-0.05, 0) is 108 Å². The number of amides is 3. The summed E-state index contributed by atoms with van der Waals surface area (Å²) in [6.45, 7) is 2.72. The van der Waals surface area contributed by atoms with Crippen LogP contribution in [0.25, 0.3) is 33.9 Å². The quantitative estimate of drug-likeness (QED) is 0.0313. The Morgan fingerprint density at radius 1 is 0.603 bits per heavy atom.